The van der Waals surface area contributed by atoms with Gasteiger partial charge in [-0.3, -0.25) is 4.90 Å². The molecular formula is C11H26N2. The van der Waals surface area contributed by atoms with Crippen LogP contribution in [0, 0.1) is 0 Å². The second-order valence-electron chi connectivity index (χ2n) is 3.82. The molecule has 1 heterocycles. The summed E-state index contributed by atoms with van der Waals surface area (Å²) in [7, 11) is 0. The minimum atomic E-state index is -1.90. The first-order valence-electron chi connectivity index (χ1n) is 6.82. The smallest absolute Gasteiger partial charge is 0.0394 e. The maximum Gasteiger partial charge on any atom is 0.0394 e. The number of likely N-dealkylation sites (N-methyl/N-ethyl adjacent to an activating group) is 1. The van der Waals surface area contributed by atoms with Crippen molar-refractivity contribution in [2.75, 3.05) is 33.2 Å². The zero-order valence-electron chi connectivity index (χ0n) is 12.5. The van der Waals surface area contributed by atoms with Gasteiger partial charge in [0.1, 0.15) is 0 Å². The summed E-state index contributed by atoms with van der Waals surface area (Å²) >= 11 is 0. The van der Waals surface area contributed by atoms with Crippen molar-refractivity contribution in [2.24, 2.45) is 0 Å². The van der Waals surface area contributed by atoms with E-state index in [1.165, 1.54) is 6.42 Å². The molecule has 1 aliphatic heterocycles. The summed E-state index contributed by atoms with van der Waals surface area (Å²) in [5.41, 5.74) is 0. The SMILES string of the molecule is CCC.[2H]C([2H])([2H])N1CCN(C(C)C)CC1. The van der Waals surface area contributed by atoms with Crippen molar-refractivity contribution in [1.82, 2.24) is 9.80 Å². The molecule has 0 radical (unpaired) electrons. The molecular weight excluding hydrogens is 160 g/mol. The first-order chi connectivity index (χ1) is 7.32. The Morgan fingerprint density at radius 1 is 1.15 bits per heavy atom. The van der Waals surface area contributed by atoms with Crippen LogP contribution in [-0.2, 0) is 0 Å². The van der Waals surface area contributed by atoms with E-state index in [2.05, 4.69) is 32.6 Å². The van der Waals surface area contributed by atoms with Crippen LogP contribution in [0.4, 0.5) is 0 Å². The van der Waals surface area contributed by atoms with Crippen LogP contribution in [0.3, 0.4) is 0 Å². The molecule has 0 N–H and O–H groups in total. The van der Waals surface area contributed by atoms with Gasteiger partial charge in [0, 0.05) is 36.3 Å². The lowest BCUT2D eigenvalue weighted by molar-refractivity contribution is 0.126. The summed E-state index contributed by atoms with van der Waals surface area (Å²) in [6.07, 6.45) is 1.25. The second-order valence-corrected chi connectivity index (χ2v) is 3.82. The molecule has 0 spiro atoms. The highest BCUT2D eigenvalue weighted by Crippen LogP contribution is 2.02. The Balaban J connectivity index is 0.000000673. The molecule has 0 aliphatic carbocycles. The quantitative estimate of drug-likeness (QED) is 0.623. The minimum absolute atomic E-state index is 0.527. The van der Waals surface area contributed by atoms with Crippen molar-refractivity contribution in [2.45, 2.75) is 40.2 Å². The second kappa shape index (κ2) is 7.34. The van der Waals surface area contributed by atoms with E-state index in [9.17, 15) is 0 Å². The van der Waals surface area contributed by atoms with E-state index in [1.54, 1.807) is 4.90 Å². The molecule has 1 saturated heterocycles. The summed E-state index contributed by atoms with van der Waals surface area (Å²) in [6, 6.07) is 0.527. The molecule has 0 aromatic carbocycles. The van der Waals surface area contributed by atoms with Crippen LogP contribution < -0.4 is 0 Å². The van der Waals surface area contributed by atoms with E-state index in [-0.39, 0.29) is 0 Å². The summed E-state index contributed by atoms with van der Waals surface area (Å²) in [4.78, 5) is 3.88. The highest BCUT2D eigenvalue weighted by molar-refractivity contribution is 4.71. The molecule has 0 aromatic rings. The van der Waals surface area contributed by atoms with Crippen molar-refractivity contribution in [3.05, 3.63) is 0 Å². The molecule has 13 heavy (non-hydrogen) atoms. The van der Waals surface area contributed by atoms with Gasteiger partial charge in [-0.2, -0.15) is 0 Å². The maximum absolute atomic E-state index is 7.24. The van der Waals surface area contributed by atoms with Gasteiger partial charge in [-0.25, -0.2) is 0 Å². The third-order valence-electron chi connectivity index (χ3n) is 2.04. The lowest BCUT2D eigenvalue weighted by Gasteiger charge is -2.34. The van der Waals surface area contributed by atoms with Crippen molar-refractivity contribution in [3.63, 3.8) is 0 Å². The molecule has 0 saturated carbocycles. The summed E-state index contributed by atoms with van der Waals surface area (Å²) in [6.45, 7) is 9.70. The number of piperazine rings is 1. The average molecular weight is 189 g/mol. The monoisotopic (exact) mass is 189 g/mol. The Morgan fingerprint density at radius 3 is 1.92 bits per heavy atom. The van der Waals surface area contributed by atoms with Gasteiger partial charge in [0.15, 0.2) is 0 Å². The number of hydrogen-bond acceptors (Lipinski definition) is 2. The molecule has 0 aromatic heterocycles. The third kappa shape index (κ3) is 6.05. The van der Waals surface area contributed by atoms with Crippen LogP contribution in [0.25, 0.3) is 0 Å². The molecule has 80 valence electrons. The summed E-state index contributed by atoms with van der Waals surface area (Å²) in [5.74, 6) is 0. The van der Waals surface area contributed by atoms with Gasteiger partial charge in [0.05, 0.1) is 0 Å². The van der Waals surface area contributed by atoms with Gasteiger partial charge in [-0.1, -0.05) is 20.3 Å². The normalized spacial score (nSPS) is 24.2. The molecule has 2 nitrogen and oxygen atoms in total. The van der Waals surface area contributed by atoms with Crippen LogP contribution in [0.2, 0.25) is 0 Å². The molecule has 0 unspecified atom stereocenters. The van der Waals surface area contributed by atoms with Crippen LogP contribution in [-0.4, -0.2) is 49.0 Å². The van der Waals surface area contributed by atoms with Crippen LogP contribution in [0.15, 0.2) is 0 Å². The Morgan fingerprint density at radius 2 is 1.62 bits per heavy atom. The van der Waals surface area contributed by atoms with Crippen LogP contribution in [0.5, 0.6) is 0 Å². The Kier molecular flexibility index (Phi) is 4.65. The molecule has 0 atom stereocenters. The predicted octanol–water partition coefficient (Wildman–Crippen LogP) is 2.06. The maximum atomic E-state index is 7.24. The van der Waals surface area contributed by atoms with Crippen LogP contribution >= 0.6 is 0 Å². The third-order valence-corrected chi connectivity index (χ3v) is 2.04. The zero-order chi connectivity index (χ0) is 12.8. The van der Waals surface area contributed by atoms with Crippen molar-refractivity contribution >= 4 is 0 Å². The Labute approximate surface area is 88.1 Å². The average Bonchev–Trinajstić information content (AvgIpc) is 2.18. The van der Waals surface area contributed by atoms with E-state index < -0.39 is 6.98 Å². The van der Waals surface area contributed by atoms with E-state index in [0.717, 1.165) is 13.1 Å². The van der Waals surface area contributed by atoms with Gasteiger partial charge in [0.2, 0.25) is 0 Å². The standard InChI is InChI=1S/C8H18N2.C3H8/c1-8(2)10-6-4-9(3)5-7-10;1-3-2/h8H,4-7H2,1-3H3;3H2,1-2H3/i3D3;. The predicted molar refractivity (Wildman–Crippen MR) is 60.2 cm³/mol. The fraction of sp³-hybridized carbons (Fsp3) is 1.00. The van der Waals surface area contributed by atoms with E-state index in [1.807, 2.05) is 0 Å². The van der Waals surface area contributed by atoms with E-state index in [4.69, 9.17) is 4.11 Å². The number of rotatable bonds is 1. The Bertz CT molecular complexity index is 173. The van der Waals surface area contributed by atoms with Gasteiger partial charge in [-0.05, 0) is 20.8 Å². The van der Waals surface area contributed by atoms with Crippen molar-refractivity contribution in [1.29, 1.82) is 0 Å². The first-order valence-corrected chi connectivity index (χ1v) is 5.32. The van der Waals surface area contributed by atoms with Gasteiger partial charge in [0.25, 0.3) is 0 Å². The lowest BCUT2D eigenvalue weighted by Crippen LogP contribution is -2.47. The van der Waals surface area contributed by atoms with Crippen LogP contribution in [0.1, 0.15) is 38.2 Å². The summed E-state index contributed by atoms with van der Waals surface area (Å²) < 4.78 is 21.7. The van der Waals surface area contributed by atoms with Gasteiger partial charge < -0.3 is 4.90 Å². The number of nitrogens with zero attached hydrogens (tertiary/aromatic N) is 2. The minimum Gasteiger partial charge on any atom is -0.304 e. The van der Waals surface area contributed by atoms with Gasteiger partial charge in [-0.15, -0.1) is 0 Å². The van der Waals surface area contributed by atoms with E-state index in [0.29, 0.717) is 19.1 Å². The van der Waals surface area contributed by atoms with Gasteiger partial charge >= 0.3 is 0 Å². The lowest BCUT2D eigenvalue weighted by atomic mass is 10.2. The first kappa shape index (κ1) is 8.25. The largest absolute Gasteiger partial charge is 0.304 e. The zero-order valence-corrected chi connectivity index (χ0v) is 9.51. The molecule has 0 amide bonds. The molecule has 2 heteroatoms. The molecule has 0 bridgehead atoms. The molecule has 1 aliphatic rings. The highest BCUT2D eigenvalue weighted by atomic mass is 15.3. The van der Waals surface area contributed by atoms with Crippen molar-refractivity contribution < 1.29 is 4.11 Å². The topological polar surface area (TPSA) is 6.48 Å². The number of hydrogen-bond donors (Lipinski definition) is 0. The van der Waals surface area contributed by atoms with Crippen molar-refractivity contribution in [3.8, 4) is 0 Å². The highest BCUT2D eigenvalue weighted by Gasteiger charge is 2.15. The fourth-order valence-electron chi connectivity index (χ4n) is 1.24. The van der Waals surface area contributed by atoms with E-state index >= 15 is 0 Å². The summed E-state index contributed by atoms with van der Waals surface area (Å²) in [5, 5.41) is 0. The fourth-order valence-corrected chi connectivity index (χ4v) is 1.24. The Hall–Kier alpha value is -0.0800. The molecule has 1 fully saturated rings. The molecule has 1 rings (SSSR count).